The van der Waals surface area contributed by atoms with Crippen LogP contribution in [0, 0.1) is 6.92 Å². The number of fused-ring (bicyclic) bond motifs is 1. The molecule has 4 rings (SSSR count). The number of rotatable bonds is 4. The van der Waals surface area contributed by atoms with Gasteiger partial charge in [0.25, 0.3) is 5.56 Å². The summed E-state index contributed by atoms with van der Waals surface area (Å²) in [5.41, 5.74) is 2.19. The van der Waals surface area contributed by atoms with Crippen molar-refractivity contribution in [2.45, 2.75) is 17.8 Å². The number of hydrogen-bond donors (Lipinski definition) is 1. The number of aromatic amines is 1. The maximum atomic E-state index is 12.3. The molecule has 120 valence electrons. The van der Waals surface area contributed by atoms with E-state index in [2.05, 4.69) is 20.2 Å². The van der Waals surface area contributed by atoms with Gasteiger partial charge < -0.3 is 0 Å². The molecule has 0 saturated heterocycles. The molecule has 0 aliphatic heterocycles. The van der Waals surface area contributed by atoms with Crippen LogP contribution in [0.2, 0.25) is 0 Å². The quantitative estimate of drug-likeness (QED) is 0.569. The van der Waals surface area contributed by atoms with Crippen LogP contribution in [0.25, 0.3) is 16.3 Å². The van der Waals surface area contributed by atoms with Gasteiger partial charge in [-0.1, -0.05) is 23.9 Å². The van der Waals surface area contributed by atoms with E-state index < -0.39 is 0 Å². The van der Waals surface area contributed by atoms with Gasteiger partial charge in [-0.2, -0.15) is 0 Å². The van der Waals surface area contributed by atoms with Crippen molar-refractivity contribution < 1.29 is 0 Å². The molecule has 24 heavy (non-hydrogen) atoms. The molecule has 0 fully saturated rings. The molecule has 0 aromatic carbocycles. The molecular formula is C16H13N5OS2. The predicted octanol–water partition coefficient (Wildman–Crippen LogP) is 3.14. The van der Waals surface area contributed by atoms with Gasteiger partial charge in [-0.05, 0) is 30.5 Å². The zero-order valence-corrected chi connectivity index (χ0v) is 14.4. The summed E-state index contributed by atoms with van der Waals surface area (Å²) in [6, 6.07) is 11.2. The van der Waals surface area contributed by atoms with Gasteiger partial charge in [-0.15, -0.1) is 16.4 Å². The molecule has 0 unspecified atom stereocenters. The summed E-state index contributed by atoms with van der Waals surface area (Å²) in [5, 5.41) is 9.79. The van der Waals surface area contributed by atoms with Crippen molar-refractivity contribution in [3.63, 3.8) is 0 Å². The zero-order chi connectivity index (χ0) is 16.5. The SMILES string of the molecule is Cc1cccc2nc(CSc3n[nH]c(-c4cccs4)n3)cc(=O)n12. The topological polar surface area (TPSA) is 75.9 Å². The van der Waals surface area contributed by atoms with E-state index >= 15 is 0 Å². The van der Waals surface area contributed by atoms with E-state index in [1.165, 1.54) is 11.8 Å². The minimum absolute atomic E-state index is 0.0667. The lowest BCUT2D eigenvalue weighted by Crippen LogP contribution is -2.17. The van der Waals surface area contributed by atoms with Gasteiger partial charge in [-0.3, -0.25) is 14.3 Å². The fraction of sp³-hybridized carbons (Fsp3) is 0.125. The number of aryl methyl sites for hydroxylation is 1. The van der Waals surface area contributed by atoms with Gasteiger partial charge in [0, 0.05) is 17.5 Å². The summed E-state index contributed by atoms with van der Waals surface area (Å²) in [4.78, 5) is 22.3. The Labute approximate surface area is 145 Å². The Morgan fingerprint density at radius 1 is 1.25 bits per heavy atom. The average molecular weight is 355 g/mol. The van der Waals surface area contributed by atoms with Crippen molar-refractivity contribution in [2.24, 2.45) is 0 Å². The summed E-state index contributed by atoms with van der Waals surface area (Å²) < 4.78 is 1.61. The molecule has 0 spiro atoms. The Balaban J connectivity index is 1.56. The first-order valence-corrected chi connectivity index (χ1v) is 9.14. The van der Waals surface area contributed by atoms with Crippen molar-refractivity contribution in [1.82, 2.24) is 24.6 Å². The van der Waals surface area contributed by atoms with E-state index in [-0.39, 0.29) is 5.56 Å². The Morgan fingerprint density at radius 2 is 2.17 bits per heavy atom. The van der Waals surface area contributed by atoms with Crippen LogP contribution >= 0.6 is 23.1 Å². The first kappa shape index (κ1) is 15.1. The third-order valence-electron chi connectivity index (χ3n) is 3.50. The van der Waals surface area contributed by atoms with E-state index in [9.17, 15) is 4.79 Å². The van der Waals surface area contributed by atoms with Crippen LogP contribution in [0.3, 0.4) is 0 Å². The molecule has 0 amide bonds. The highest BCUT2D eigenvalue weighted by molar-refractivity contribution is 7.98. The second kappa shape index (κ2) is 6.21. The molecular weight excluding hydrogens is 342 g/mol. The van der Waals surface area contributed by atoms with Gasteiger partial charge in [-0.25, -0.2) is 9.97 Å². The standard InChI is InChI=1S/C16H13N5OS2/c1-10-4-2-6-13-17-11(8-14(22)21(10)13)9-24-16-18-15(19-20-16)12-5-3-7-23-12/h2-8H,9H2,1H3,(H,18,19,20). The van der Waals surface area contributed by atoms with Crippen molar-refractivity contribution in [2.75, 3.05) is 0 Å². The number of thiophene rings is 1. The molecule has 1 N–H and O–H groups in total. The van der Waals surface area contributed by atoms with Crippen LogP contribution in [0.1, 0.15) is 11.4 Å². The monoisotopic (exact) mass is 355 g/mol. The second-order valence-corrected chi connectivity index (χ2v) is 7.07. The van der Waals surface area contributed by atoms with Crippen LogP contribution in [0.15, 0.2) is 51.7 Å². The van der Waals surface area contributed by atoms with Crippen LogP contribution in [0.5, 0.6) is 0 Å². The largest absolute Gasteiger partial charge is 0.269 e. The highest BCUT2D eigenvalue weighted by Crippen LogP contribution is 2.24. The molecule has 0 atom stereocenters. The van der Waals surface area contributed by atoms with E-state index in [1.807, 2.05) is 42.6 Å². The Kier molecular flexibility index (Phi) is 3.91. The highest BCUT2D eigenvalue weighted by Gasteiger charge is 2.09. The molecule has 0 radical (unpaired) electrons. The van der Waals surface area contributed by atoms with Crippen LogP contribution in [-0.4, -0.2) is 24.6 Å². The third kappa shape index (κ3) is 2.85. The smallest absolute Gasteiger partial charge is 0.258 e. The number of nitrogens with one attached hydrogen (secondary N) is 1. The van der Waals surface area contributed by atoms with E-state index in [0.717, 1.165) is 22.1 Å². The first-order valence-electron chi connectivity index (χ1n) is 7.28. The lowest BCUT2D eigenvalue weighted by atomic mass is 10.3. The Morgan fingerprint density at radius 3 is 3.00 bits per heavy atom. The lowest BCUT2D eigenvalue weighted by molar-refractivity contribution is 0.958. The lowest BCUT2D eigenvalue weighted by Gasteiger charge is -2.05. The highest BCUT2D eigenvalue weighted by atomic mass is 32.2. The van der Waals surface area contributed by atoms with Gasteiger partial charge in [0.2, 0.25) is 5.16 Å². The molecule has 6 nitrogen and oxygen atoms in total. The fourth-order valence-electron chi connectivity index (χ4n) is 2.41. The molecule has 0 saturated carbocycles. The fourth-order valence-corrected chi connectivity index (χ4v) is 3.77. The maximum absolute atomic E-state index is 12.3. The van der Waals surface area contributed by atoms with Crippen molar-refractivity contribution in [1.29, 1.82) is 0 Å². The van der Waals surface area contributed by atoms with Crippen molar-refractivity contribution >= 4 is 28.7 Å². The van der Waals surface area contributed by atoms with Crippen LogP contribution in [0.4, 0.5) is 0 Å². The summed E-state index contributed by atoms with van der Waals surface area (Å²) in [5.74, 6) is 1.30. The van der Waals surface area contributed by atoms with E-state index in [4.69, 9.17) is 0 Å². The number of pyridine rings is 1. The minimum Gasteiger partial charge on any atom is -0.269 e. The summed E-state index contributed by atoms with van der Waals surface area (Å²) in [6.07, 6.45) is 0. The van der Waals surface area contributed by atoms with Crippen LogP contribution in [-0.2, 0) is 5.75 Å². The summed E-state index contributed by atoms with van der Waals surface area (Å²) in [7, 11) is 0. The number of nitrogens with zero attached hydrogens (tertiary/aromatic N) is 4. The average Bonchev–Trinajstić information content (AvgIpc) is 3.24. The van der Waals surface area contributed by atoms with Crippen LogP contribution < -0.4 is 5.56 Å². The van der Waals surface area contributed by atoms with E-state index in [0.29, 0.717) is 16.6 Å². The molecule has 0 aliphatic rings. The molecule has 4 aromatic heterocycles. The summed E-state index contributed by atoms with van der Waals surface area (Å²) >= 11 is 3.06. The summed E-state index contributed by atoms with van der Waals surface area (Å²) in [6.45, 7) is 1.89. The maximum Gasteiger partial charge on any atom is 0.258 e. The minimum atomic E-state index is -0.0667. The van der Waals surface area contributed by atoms with Gasteiger partial charge in [0.1, 0.15) is 5.65 Å². The molecule has 4 aromatic rings. The van der Waals surface area contributed by atoms with Crippen molar-refractivity contribution in [3.05, 3.63) is 63.5 Å². The zero-order valence-electron chi connectivity index (χ0n) is 12.8. The number of thioether (sulfide) groups is 1. The number of H-pyrrole nitrogens is 1. The predicted molar refractivity (Wildman–Crippen MR) is 95.5 cm³/mol. The second-order valence-electron chi connectivity index (χ2n) is 5.18. The third-order valence-corrected chi connectivity index (χ3v) is 5.26. The Hall–Kier alpha value is -2.45. The molecule has 4 heterocycles. The van der Waals surface area contributed by atoms with Gasteiger partial charge in [0.05, 0.1) is 10.6 Å². The van der Waals surface area contributed by atoms with E-state index in [1.54, 1.807) is 21.8 Å². The number of aromatic nitrogens is 5. The van der Waals surface area contributed by atoms with Crippen molar-refractivity contribution in [3.8, 4) is 10.7 Å². The molecule has 0 aliphatic carbocycles. The van der Waals surface area contributed by atoms with Gasteiger partial charge in [0.15, 0.2) is 5.82 Å². The first-order chi connectivity index (χ1) is 11.7. The normalized spacial score (nSPS) is 11.2. The number of hydrogen-bond acceptors (Lipinski definition) is 6. The van der Waals surface area contributed by atoms with Gasteiger partial charge >= 0.3 is 0 Å². The molecule has 8 heteroatoms. The Bertz CT molecular complexity index is 1050. The molecule has 0 bridgehead atoms.